The van der Waals surface area contributed by atoms with Crippen molar-refractivity contribution in [3.63, 3.8) is 0 Å². The fourth-order valence-electron chi connectivity index (χ4n) is 2.14. The zero-order valence-electron chi connectivity index (χ0n) is 11.9. The Bertz CT molecular complexity index is 620. The SMILES string of the molecule is Cc1ccc(C)c(CC(=O)Nc2cccc(CN)c2)c1. The molecule has 0 spiro atoms. The molecule has 1 amide bonds. The molecule has 0 aliphatic rings. The number of hydrogen-bond donors (Lipinski definition) is 2. The Hall–Kier alpha value is -2.13. The second kappa shape index (κ2) is 6.35. The number of aryl methyl sites for hydroxylation is 2. The van der Waals surface area contributed by atoms with E-state index in [0.29, 0.717) is 13.0 Å². The van der Waals surface area contributed by atoms with E-state index in [1.807, 2.05) is 44.2 Å². The molecular weight excluding hydrogens is 248 g/mol. The van der Waals surface area contributed by atoms with Gasteiger partial charge in [-0.05, 0) is 42.7 Å². The lowest BCUT2D eigenvalue weighted by atomic mass is 10.0. The summed E-state index contributed by atoms with van der Waals surface area (Å²) in [5.41, 5.74) is 10.8. The minimum Gasteiger partial charge on any atom is -0.326 e. The quantitative estimate of drug-likeness (QED) is 0.895. The van der Waals surface area contributed by atoms with Gasteiger partial charge in [-0.25, -0.2) is 0 Å². The van der Waals surface area contributed by atoms with Crippen LogP contribution in [-0.2, 0) is 17.8 Å². The monoisotopic (exact) mass is 268 g/mol. The molecule has 2 aromatic rings. The molecular formula is C17H20N2O. The molecule has 0 aliphatic heterocycles. The van der Waals surface area contributed by atoms with Gasteiger partial charge in [-0.1, -0.05) is 35.9 Å². The molecule has 0 atom stereocenters. The minimum absolute atomic E-state index is 0.00660. The van der Waals surface area contributed by atoms with Gasteiger partial charge in [0.05, 0.1) is 6.42 Å². The molecule has 3 heteroatoms. The number of benzene rings is 2. The maximum Gasteiger partial charge on any atom is 0.228 e. The van der Waals surface area contributed by atoms with Gasteiger partial charge in [0.2, 0.25) is 5.91 Å². The van der Waals surface area contributed by atoms with Crippen molar-refractivity contribution in [3.05, 3.63) is 64.7 Å². The van der Waals surface area contributed by atoms with Gasteiger partial charge in [0.15, 0.2) is 0 Å². The van der Waals surface area contributed by atoms with Gasteiger partial charge in [-0.2, -0.15) is 0 Å². The van der Waals surface area contributed by atoms with E-state index in [2.05, 4.69) is 17.4 Å². The van der Waals surface area contributed by atoms with E-state index in [-0.39, 0.29) is 5.91 Å². The number of rotatable bonds is 4. The summed E-state index contributed by atoms with van der Waals surface area (Å²) in [6.07, 6.45) is 0.389. The molecule has 0 bridgehead atoms. The predicted molar refractivity (Wildman–Crippen MR) is 82.6 cm³/mol. The van der Waals surface area contributed by atoms with Crippen molar-refractivity contribution in [1.82, 2.24) is 0 Å². The highest BCUT2D eigenvalue weighted by atomic mass is 16.1. The summed E-state index contributed by atoms with van der Waals surface area (Å²) >= 11 is 0. The lowest BCUT2D eigenvalue weighted by Gasteiger charge is -2.09. The highest BCUT2D eigenvalue weighted by molar-refractivity contribution is 5.92. The topological polar surface area (TPSA) is 55.1 Å². The van der Waals surface area contributed by atoms with Crippen LogP contribution in [0.3, 0.4) is 0 Å². The average molecular weight is 268 g/mol. The molecule has 0 fully saturated rings. The lowest BCUT2D eigenvalue weighted by molar-refractivity contribution is -0.115. The molecule has 0 aliphatic carbocycles. The van der Waals surface area contributed by atoms with Crippen molar-refractivity contribution in [3.8, 4) is 0 Å². The maximum absolute atomic E-state index is 12.1. The Morgan fingerprint density at radius 3 is 2.70 bits per heavy atom. The van der Waals surface area contributed by atoms with Gasteiger partial charge < -0.3 is 11.1 Å². The van der Waals surface area contributed by atoms with E-state index >= 15 is 0 Å². The third-order valence-corrected chi connectivity index (χ3v) is 3.30. The summed E-state index contributed by atoms with van der Waals surface area (Å²) in [4.78, 5) is 12.1. The highest BCUT2D eigenvalue weighted by Crippen LogP contribution is 2.14. The molecule has 0 aromatic heterocycles. The summed E-state index contributed by atoms with van der Waals surface area (Å²) in [6, 6.07) is 13.8. The van der Waals surface area contributed by atoms with Gasteiger partial charge in [0, 0.05) is 12.2 Å². The fraction of sp³-hybridized carbons (Fsp3) is 0.235. The molecule has 2 rings (SSSR count). The third-order valence-electron chi connectivity index (χ3n) is 3.30. The molecule has 2 aromatic carbocycles. The first-order chi connectivity index (χ1) is 9.58. The van der Waals surface area contributed by atoms with Crippen LogP contribution in [0.5, 0.6) is 0 Å². The van der Waals surface area contributed by atoms with E-state index < -0.39 is 0 Å². The molecule has 0 saturated carbocycles. The maximum atomic E-state index is 12.1. The van der Waals surface area contributed by atoms with Crippen LogP contribution in [0, 0.1) is 13.8 Å². The number of nitrogens with two attached hydrogens (primary N) is 1. The van der Waals surface area contributed by atoms with Crippen molar-refractivity contribution >= 4 is 11.6 Å². The summed E-state index contributed by atoms with van der Waals surface area (Å²) in [5, 5.41) is 2.92. The molecule has 0 radical (unpaired) electrons. The van der Waals surface area contributed by atoms with Gasteiger partial charge in [-0.15, -0.1) is 0 Å². The molecule has 20 heavy (non-hydrogen) atoms. The first-order valence-electron chi connectivity index (χ1n) is 6.73. The van der Waals surface area contributed by atoms with Crippen LogP contribution in [0.4, 0.5) is 5.69 Å². The van der Waals surface area contributed by atoms with Crippen LogP contribution < -0.4 is 11.1 Å². The lowest BCUT2D eigenvalue weighted by Crippen LogP contribution is -2.15. The van der Waals surface area contributed by atoms with E-state index in [1.54, 1.807) is 0 Å². The van der Waals surface area contributed by atoms with Crippen LogP contribution in [0.2, 0.25) is 0 Å². The zero-order chi connectivity index (χ0) is 14.5. The summed E-state index contributed by atoms with van der Waals surface area (Å²) in [6.45, 7) is 4.53. The van der Waals surface area contributed by atoms with Crippen molar-refractivity contribution in [2.45, 2.75) is 26.8 Å². The van der Waals surface area contributed by atoms with Crippen LogP contribution in [0.25, 0.3) is 0 Å². The summed E-state index contributed by atoms with van der Waals surface area (Å²) in [5.74, 6) is -0.00660. The number of carbonyl (C=O) groups excluding carboxylic acids is 1. The standard InChI is InChI=1S/C17H20N2O/c1-12-6-7-13(2)15(8-12)10-17(20)19-16-5-3-4-14(9-16)11-18/h3-9H,10-11,18H2,1-2H3,(H,19,20). The highest BCUT2D eigenvalue weighted by Gasteiger charge is 2.07. The molecule has 104 valence electrons. The number of amides is 1. The average Bonchev–Trinajstić information content (AvgIpc) is 2.43. The third kappa shape index (κ3) is 3.68. The normalized spacial score (nSPS) is 10.3. The van der Waals surface area contributed by atoms with Crippen LogP contribution in [0.15, 0.2) is 42.5 Å². The Morgan fingerprint density at radius 1 is 1.15 bits per heavy atom. The Morgan fingerprint density at radius 2 is 1.95 bits per heavy atom. The van der Waals surface area contributed by atoms with Gasteiger partial charge in [0.1, 0.15) is 0 Å². The first kappa shape index (κ1) is 14.3. The van der Waals surface area contributed by atoms with Crippen LogP contribution in [0.1, 0.15) is 22.3 Å². The van der Waals surface area contributed by atoms with E-state index in [4.69, 9.17) is 5.73 Å². The number of hydrogen-bond acceptors (Lipinski definition) is 2. The molecule has 0 unspecified atom stereocenters. The van der Waals surface area contributed by atoms with E-state index in [1.165, 1.54) is 5.56 Å². The van der Waals surface area contributed by atoms with E-state index in [9.17, 15) is 4.79 Å². The first-order valence-corrected chi connectivity index (χ1v) is 6.73. The predicted octanol–water partition coefficient (Wildman–Crippen LogP) is 2.94. The Balaban J connectivity index is 2.07. The van der Waals surface area contributed by atoms with Crippen molar-refractivity contribution in [1.29, 1.82) is 0 Å². The molecule has 3 nitrogen and oxygen atoms in total. The molecule has 0 heterocycles. The number of anilines is 1. The Labute approximate surface area is 119 Å². The van der Waals surface area contributed by atoms with Gasteiger partial charge in [0.25, 0.3) is 0 Å². The van der Waals surface area contributed by atoms with Crippen molar-refractivity contribution < 1.29 is 4.79 Å². The van der Waals surface area contributed by atoms with Crippen molar-refractivity contribution in [2.24, 2.45) is 5.73 Å². The molecule has 3 N–H and O–H groups in total. The summed E-state index contributed by atoms with van der Waals surface area (Å²) in [7, 11) is 0. The minimum atomic E-state index is -0.00660. The van der Waals surface area contributed by atoms with Crippen molar-refractivity contribution in [2.75, 3.05) is 5.32 Å². The number of carbonyl (C=O) groups is 1. The van der Waals surface area contributed by atoms with Gasteiger partial charge >= 0.3 is 0 Å². The van der Waals surface area contributed by atoms with E-state index in [0.717, 1.165) is 22.4 Å². The summed E-state index contributed by atoms with van der Waals surface area (Å²) < 4.78 is 0. The Kier molecular flexibility index (Phi) is 4.53. The second-order valence-corrected chi connectivity index (χ2v) is 5.06. The smallest absolute Gasteiger partial charge is 0.228 e. The fourth-order valence-corrected chi connectivity index (χ4v) is 2.14. The van der Waals surface area contributed by atoms with Gasteiger partial charge in [-0.3, -0.25) is 4.79 Å². The second-order valence-electron chi connectivity index (χ2n) is 5.06. The van der Waals surface area contributed by atoms with Crippen LogP contribution >= 0.6 is 0 Å². The zero-order valence-corrected chi connectivity index (χ0v) is 11.9. The largest absolute Gasteiger partial charge is 0.326 e. The van der Waals surface area contributed by atoms with Crippen LogP contribution in [-0.4, -0.2) is 5.91 Å². The number of nitrogens with one attached hydrogen (secondary N) is 1. The molecule has 0 saturated heterocycles.